The Hall–Kier alpha value is -5.72. The summed E-state index contributed by atoms with van der Waals surface area (Å²) in [5.74, 6) is -2.59. The molecule has 0 aliphatic carbocycles. The van der Waals surface area contributed by atoms with Crippen LogP contribution in [-0.4, -0.2) is 61.9 Å². The van der Waals surface area contributed by atoms with E-state index in [0.29, 0.717) is 27.9 Å². The molecule has 0 saturated carbocycles. The van der Waals surface area contributed by atoms with Gasteiger partial charge in [-0.1, -0.05) is 109 Å². The minimum atomic E-state index is -1.79. The van der Waals surface area contributed by atoms with Gasteiger partial charge in [0.1, 0.15) is 17.1 Å². The van der Waals surface area contributed by atoms with Gasteiger partial charge in [0.05, 0.1) is 6.42 Å². The second kappa shape index (κ2) is 15.9. The fraction of sp³-hybridized carbons (Fsp3) is 0.244. The van der Waals surface area contributed by atoms with Crippen molar-refractivity contribution < 1.29 is 38.0 Å². The summed E-state index contributed by atoms with van der Waals surface area (Å²) in [5.41, 5.74) is 1.90. The Morgan fingerprint density at radius 3 is 2.00 bits per heavy atom. The molecular weight excluding hydrogens is 695 g/mol. The van der Waals surface area contributed by atoms with Crippen molar-refractivity contribution in [2.45, 2.75) is 56.7 Å². The molecule has 1 fully saturated rings. The summed E-state index contributed by atoms with van der Waals surface area (Å²) >= 11 is -1.79. The zero-order valence-electron chi connectivity index (χ0n) is 29.4. The summed E-state index contributed by atoms with van der Waals surface area (Å²) in [6.07, 6.45) is -2.03. The van der Waals surface area contributed by atoms with Gasteiger partial charge < -0.3 is 19.3 Å². The van der Waals surface area contributed by atoms with E-state index >= 15 is 0 Å². The molecule has 2 N–H and O–H groups in total. The Labute approximate surface area is 310 Å². The Morgan fingerprint density at radius 1 is 0.830 bits per heavy atom. The van der Waals surface area contributed by atoms with E-state index in [-0.39, 0.29) is 35.6 Å². The second-order valence-electron chi connectivity index (χ2n) is 13.7. The highest BCUT2D eigenvalue weighted by atomic mass is 32.2. The predicted molar refractivity (Wildman–Crippen MR) is 199 cm³/mol. The highest BCUT2D eigenvalue weighted by Crippen LogP contribution is 2.40. The molecule has 0 spiro atoms. The Bertz CT molecular complexity index is 1990. The summed E-state index contributed by atoms with van der Waals surface area (Å²) in [7, 11) is 0. The monoisotopic (exact) mass is 733 g/mol. The van der Waals surface area contributed by atoms with Crippen LogP contribution in [0.1, 0.15) is 60.3 Å². The molecule has 12 heteroatoms. The van der Waals surface area contributed by atoms with Crippen LogP contribution in [0.2, 0.25) is 0 Å². The summed E-state index contributed by atoms with van der Waals surface area (Å²) in [6, 6.07) is 32.2. The number of para-hydroxylation sites is 1. The van der Waals surface area contributed by atoms with Crippen LogP contribution in [0.5, 0.6) is 0 Å². The number of ketones is 1. The lowest BCUT2D eigenvalue weighted by atomic mass is 9.97. The van der Waals surface area contributed by atoms with Gasteiger partial charge in [-0.3, -0.25) is 24.6 Å². The first-order valence-corrected chi connectivity index (χ1v) is 18.5. The Kier molecular flexibility index (Phi) is 11.1. The van der Waals surface area contributed by atoms with Gasteiger partial charge >= 0.3 is 12.1 Å². The first-order chi connectivity index (χ1) is 25.4. The summed E-state index contributed by atoms with van der Waals surface area (Å²) < 4.78 is 25.3. The number of anilines is 1. The number of hydrogen-bond donors (Lipinski definition) is 2. The van der Waals surface area contributed by atoms with E-state index in [9.17, 15) is 28.5 Å². The van der Waals surface area contributed by atoms with E-state index < -0.39 is 58.2 Å². The Morgan fingerprint density at radius 2 is 1.40 bits per heavy atom. The molecule has 4 aromatic rings. The van der Waals surface area contributed by atoms with Crippen LogP contribution >= 0.6 is 0 Å². The lowest BCUT2D eigenvalue weighted by molar-refractivity contribution is -0.155. The van der Waals surface area contributed by atoms with Gasteiger partial charge in [0.15, 0.2) is 17.9 Å². The van der Waals surface area contributed by atoms with Crippen LogP contribution in [0.3, 0.4) is 0 Å². The van der Waals surface area contributed by atoms with E-state index in [0.717, 1.165) is 4.90 Å². The molecule has 0 bridgehead atoms. The van der Waals surface area contributed by atoms with Crippen LogP contribution in [0.4, 0.5) is 10.5 Å². The van der Waals surface area contributed by atoms with Crippen molar-refractivity contribution in [2.75, 3.05) is 11.1 Å². The fourth-order valence-electron chi connectivity index (χ4n) is 6.25. The standard InChI is InChI=1S/C41H39N3O8S/c1-41(2,3)52-40(49)42-31-22-14-13-21-29(31)24-33(46)43-34-37(47)44-35(30(25-53(50)38(34)44)23-32(45)26-15-7-4-8-16-26)39(48)51-36(27-17-9-5-10-18-27)28-19-11-6-12-20-28/h4-22,34,36,38H,23-25H2,1-3H3,(H,42,49)(H,43,46). The van der Waals surface area contributed by atoms with Gasteiger partial charge in [0.2, 0.25) is 11.3 Å². The zero-order valence-corrected chi connectivity index (χ0v) is 30.3. The number of carbonyl (C=O) groups is 5. The van der Waals surface area contributed by atoms with Crippen molar-refractivity contribution in [1.82, 2.24) is 10.2 Å². The third kappa shape index (κ3) is 8.67. The predicted octanol–water partition coefficient (Wildman–Crippen LogP) is 5.85. The maximum Gasteiger partial charge on any atom is 0.412 e. The van der Waals surface area contributed by atoms with Crippen molar-refractivity contribution in [1.29, 1.82) is 0 Å². The van der Waals surface area contributed by atoms with E-state index in [1.807, 2.05) is 60.7 Å². The van der Waals surface area contributed by atoms with Gasteiger partial charge in [-0.2, -0.15) is 0 Å². The van der Waals surface area contributed by atoms with Gasteiger partial charge in [-0.05, 0) is 54.7 Å². The first kappa shape index (κ1) is 37.1. The largest absolute Gasteiger partial charge is 0.614 e. The van der Waals surface area contributed by atoms with Gasteiger partial charge in [0, 0.05) is 23.2 Å². The maximum atomic E-state index is 14.3. The second-order valence-corrected chi connectivity index (χ2v) is 15.2. The Balaban J connectivity index is 1.26. The van der Waals surface area contributed by atoms with E-state index in [1.165, 1.54) is 0 Å². The molecule has 6 rings (SSSR count). The number of nitrogens with one attached hydrogen (secondary N) is 2. The molecule has 1 saturated heterocycles. The third-order valence-electron chi connectivity index (χ3n) is 8.62. The number of fused-ring (bicyclic) bond motifs is 1. The number of carbonyl (C=O) groups excluding carboxylic acids is 5. The molecule has 11 nitrogen and oxygen atoms in total. The van der Waals surface area contributed by atoms with Crippen LogP contribution in [-0.2, 0) is 41.5 Å². The number of rotatable bonds is 11. The molecule has 2 aliphatic rings. The number of β-lactam (4-membered cyclic amide) rings is 1. The lowest BCUT2D eigenvalue weighted by Crippen LogP contribution is -2.75. The molecule has 0 radical (unpaired) electrons. The molecular formula is C41H39N3O8S. The molecule has 4 aromatic carbocycles. The van der Waals surface area contributed by atoms with E-state index in [2.05, 4.69) is 10.6 Å². The number of hydrogen-bond acceptors (Lipinski definition) is 8. The highest BCUT2D eigenvalue weighted by molar-refractivity contribution is 7.92. The summed E-state index contributed by atoms with van der Waals surface area (Å²) in [6.45, 7) is 5.19. The van der Waals surface area contributed by atoms with Crippen molar-refractivity contribution in [3.63, 3.8) is 0 Å². The van der Waals surface area contributed by atoms with Crippen molar-refractivity contribution in [2.24, 2.45) is 0 Å². The number of benzene rings is 4. The maximum absolute atomic E-state index is 14.3. The van der Waals surface area contributed by atoms with Crippen LogP contribution < -0.4 is 10.6 Å². The van der Waals surface area contributed by atoms with Gasteiger partial charge in [-0.25, -0.2) is 9.59 Å². The van der Waals surface area contributed by atoms with Crippen molar-refractivity contribution >= 4 is 46.5 Å². The number of nitrogens with zero attached hydrogens (tertiary/aromatic N) is 1. The minimum Gasteiger partial charge on any atom is -0.614 e. The van der Waals surface area contributed by atoms with Crippen LogP contribution in [0.15, 0.2) is 127 Å². The number of Topliss-reactive ketones (excluding diaryl/α,β-unsaturated/α-hetero) is 1. The molecule has 2 aliphatic heterocycles. The quantitative estimate of drug-likeness (QED) is 0.0843. The van der Waals surface area contributed by atoms with E-state index in [1.54, 1.807) is 75.4 Å². The molecule has 2 heterocycles. The van der Waals surface area contributed by atoms with Gasteiger partial charge in [0.25, 0.3) is 5.91 Å². The number of esters is 1. The number of ether oxygens (including phenoxy) is 2. The molecule has 3 amide bonds. The fourth-order valence-corrected chi connectivity index (χ4v) is 7.94. The minimum absolute atomic E-state index is 0.154. The smallest absolute Gasteiger partial charge is 0.412 e. The normalized spacial score (nSPS) is 18.1. The summed E-state index contributed by atoms with van der Waals surface area (Å²) in [4.78, 5) is 68.5. The average molecular weight is 734 g/mol. The summed E-state index contributed by atoms with van der Waals surface area (Å²) in [5, 5.41) is 4.26. The first-order valence-electron chi connectivity index (χ1n) is 17.1. The molecule has 53 heavy (non-hydrogen) atoms. The van der Waals surface area contributed by atoms with Gasteiger partial charge in [-0.15, -0.1) is 0 Å². The van der Waals surface area contributed by atoms with Crippen molar-refractivity contribution in [3.8, 4) is 0 Å². The van der Waals surface area contributed by atoms with E-state index in [4.69, 9.17) is 9.47 Å². The molecule has 272 valence electrons. The highest BCUT2D eigenvalue weighted by Gasteiger charge is 2.61. The molecule has 0 aromatic heterocycles. The zero-order chi connectivity index (χ0) is 37.7. The topological polar surface area (TPSA) is 154 Å². The van der Waals surface area contributed by atoms with Crippen molar-refractivity contribution in [3.05, 3.63) is 149 Å². The molecule has 3 unspecified atom stereocenters. The third-order valence-corrected chi connectivity index (χ3v) is 10.3. The SMILES string of the molecule is CC(C)(C)OC(=O)Nc1ccccc1CC(=O)NC1C(=O)N2C(C(=O)OC(c3ccccc3)c3ccccc3)=C(CC(=O)c3ccccc3)C[S+]([O-])C12. The lowest BCUT2D eigenvalue weighted by Gasteiger charge is -2.49. The number of amides is 3. The average Bonchev–Trinajstić information content (AvgIpc) is 3.13. The van der Waals surface area contributed by atoms with Crippen LogP contribution in [0.25, 0.3) is 0 Å². The molecule has 3 atom stereocenters. The van der Waals surface area contributed by atoms with Crippen LogP contribution in [0, 0.1) is 0 Å².